The van der Waals surface area contributed by atoms with Gasteiger partial charge in [-0.3, -0.25) is 0 Å². The molecular weight excluding hydrogens is 228 g/mol. The van der Waals surface area contributed by atoms with Crippen LogP contribution in [0.3, 0.4) is 0 Å². The Hall–Kier alpha value is -2.56. The van der Waals surface area contributed by atoms with Crippen molar-refractivity contribution >= 4 is 17.3 Å². The molecule has 1 heterocycles. The fourth-order valence-corrected chi connectivity index (χ4v) is 1.62. The maximum absolute atomic E-state index is 8.67. The summed E-state index contributed by atoms with van der Waals surface area (Å²) in [6, 6.07) is 13.1. The lowest BCUT2D eigenvalue weighted by molar-refractivity contribution is 0.318. The first kappa shape index (κ1) is 11.9. The molecule has 3 N–H and O–H groups in total. The largest absolute Gasteiger partial charge is 0.409 e. The molecule has 0 aliphatic rings. The topological polar surface area (TPSA) is 74.7 Å². The Morgan fingerprint density at radius 2 is 2.11 bits per heavy atom. The zero-order valence-electron chi connectivity index (χ0n) is 9.99. The maximum atomic E-state index is 8.67. The number of oxime groups is 1. The normalized spacial score (nSPS) is 11.3. The Morgan fingerprint density at radius 1 is 1.28 bits per heavy atom. The lowest BCUT2D eigenvalue weighted by Gasteiger charge is -2.18. The van der Waals surface area contributed by atoms with E-state index in [2.05, 4.69) is 10.1 Å². The minimum Gasteiger partial charge on any atom is -0.409 e. The van der Waals surface area contributed by atoms with Crippen LogP contribution in [0.1, 0.15) is 5.56 Å². The van der Waals surface area contributed by atoms with Crippen LogP contribution in [-0.4, -0.2) is 23.1 Å². The highest BCUT2D eigenvalue weighted by Crippen LogP contribution is 2.21. The maximum Gasteiger partial charge on any atom is 0.170 e. The predicted octanol–water partition coefficient (Wildman–Crippen LogP) is 1.94. The Kier molecular flexibility index (Phi) is 3.43. The third-order valence-corrected chi connectivity index (χ3v) is 2.63. The summed E-state index contributed by atoms with van der Waals surface area (Å²) in [7, 11) is 1.91. The van der Waals surface area contributed by atoms with Crippen molar-refractivity contribution in [1.82, 2.24) is 4.98 Å². The number of nitrogens with zero attached hydrogens (tertiary/aromatic N) is 3. The minimum absolute atomic E-state index is 0.0891. The van der Waals surface area contributed by atoms with E-state index in [1.54, 1.807) is 12.3 Å². The highest BCUT2D eigenvalue weighted by Gasteiger charge is 2.06. The lowest BCUT2D eigenvalue weighted by Crippen LogP contribution is -2.15. The van der Waals surface area contributed by atoms with Crippen LogP contribution in [0.25, 0.3) is 0 Å². The van der Waals surface area contributed by atoms with Gasteiger partial charge < -0.3 is 15.8 Å². The smallest absolute Gasteiger partial charge is 0.170 e. The number of hydrogen-bond acceptors (Lipinski definition) is 4. The zero-order valence-corrected chi connectivity index (χ0v) is 9.99. The molecule has 0 unspecified atom stereocenters. The highest BCUT2D eigenvalue weighted by atomic mass is 16.4. The van der Waals surface area contributed by atoms with Crippen LogP contribution in [-0.2, 0) is 0 Å². The summed E-state index contributed by atoms with van der Waals surface area (Å²) >= 11 is 0. The second kappa shape index (κ2) is 5.18. The van der Waals surface area contributed by atoms with Gasteiger partial charge in [-0.25, -0.2) is 4.98 Å². The van der Waals surface area contributed by atoms with Crippen molar-refractivity contribution in [3.63, 3.8) is 0 Å². The first-order valence-corrected chi connectivity index (χ1v) is 5.45. The molecule has 0 amide bonds. The minimum atomic E-state index is 0.0891. The van der Waals surface area contributed by atoms with Crippen molar-refractivity contribution in [1.29, 1.82) is 0 Å². The van der Waals surface area contributed by atoms with Gasteiger partial charge in [0.15, 0.2) is 5.84 Å². The summed E-state index contributed by atoms with van der Waals surface area (Å²) in [6.07, 6.45) is 1.74. The van der Waals surface area contributed by atoms with Gasteiger partial charge in [0.05, 0.1) is 0 Å². The standard InChI is InChI=1S/C13H14N4O/c1-17(12-7-2-3-8-15-12)11-6-4-5-10(9-11)13(14)16-18/h2-9,18H,1H3,(H2,14,16). The molecule has 2 aromatic rings. The molecule has 0 atom stereocenters. The third-order valence-electron chi connectivity index (χ3n) is 2.63. The van der Waals surface area contributed by atoms with Gasteiger partial charge in [-0.1, -0.05) is 23.4 Å². The molecule has 0 saturated carbocycles. The van der Waals surface area contributed by atoms with Crippen molar-refractivity contribution in [3.8, 4) is 0 Å². The average molecular weight is 242 g/mol. The van der Waals surface area contributed by atoms with Crippen molar-refractivity contribution in [2.24, 2.45) is 10.9 Å². The molecule has 1 aromatic heterocycles. The third kappa shape index (κ3) is 2.40. The Balaban J connectivity index is 2.34. The van der Waals surface area contributed by atoms with Crippen molar-refractivity contribution in [2.45, 2.75) is 0 Å². The SMILES string of the molecule is CN(c1cccc(/C(N)=N/O)c1)c1ccccn1. The number of rotatable bonds is 3. The van der Waals surface area contributed by atoms with Gasteiger partial charge in [0.25, 0.3) is 0 Å². The average Bonchev–Trinajstić information content (AvgIpc) is 2.46. The first-order chi connectivity index (χ1) is 8.72. The first-order valence-electron chi connectivity index (χ1n) is 5.45. The summed E-state index contributed by atoms with van der Waals surface area (Å²) in [5.74, 6) is 0.917. The summed E-state index contributed by atoms with van der Waals surface area (Å²) < 4.78 is 0. The van der Waals surface area contributed by atoms with Gasteiger partial charge in [-0.05, 0) is 24.3 Å². The van der Waals surface area contributed by atoms with E-state index in [4.69, 9.17) is 10.9 Å². The van der Waals surface area contributed by atoms with E-state index in [-0.39, 0.29) is 5.84 Å². The second-order valence-corrected chi connectivity index (χ2v) is 3.78. The van der Waals surface area contributed by atoms with E-state index < -0.39 is 0 Å². The number of hydrogen-bond donors (Lipinski definition) is 2. The summed E-state index contributed by atoms with van der Waals surface area (Å²) in [5, 5.41) is 11.7. The molecule has 18 heavy (non-hydrogen) atoms. The monoisotopic (exact) mass is 242 g/mol. The van der Waals surface area contributed by atoms with Crippen LogP contribution in [0, 0.1) is 0 Å². The van der Waals surface area contributed by atoms with Gasteiger partial charge in [0.2, 0.25) is 0 Å². The molecule has 1 aromatic carbocycles. The van der Waals surface area contributed by atoms with Gasteiger partial charge >= 0.3 is 0 Å². The van der Waals surface area contributed by atoms with E-state index >= 15 is 0 Å². The van der Waals surface area contributed by atoms with E-state index in [0.717, 1.165) is 11.5 Å². The quantitative estimate of drug-likeness (QED) is 0.373. The van der Waals surface area contributed by atoms with Crippen LogP contribution in [0.4, 0.5) is 11.5 Å². The number of aromatic nitrogens is 1. The Bertz CT molecular complexity index is 554. The molecular formula is C13H14N4O. The molecule has 5 heteroatoms. The van der Waals surface area contributed by atoms with Gasteiger partial charge in [0, 0.05) is 24.5 Å². The molecule has 0 aliphatic carbocycles. The van der Waals surface area contributed by atoms with Crippen LogP contribution in [0.2, 0.25) is 0 Å². The van der Waals surface area contributed by atoms with Crippen LogP contribution in [0.15, 0.2) is 53.8 Å². The molecule has 0 bridgehead atoms. The fraction of sp³-hybridized carbons (Fsp3) is 0.0769. The number of anilines is 2. The van der Waals surface area contributed by atoms with E-state index in [1.807, 2.05) is 48.3 Å². The molecule has 0 spiro atoms. The lowest BCUT2D eigenvalue weighted by atomic mass is 10.2. The Morgan fingerprint density at radius 3 is 2.78 bits per heavy atom. The van der Waals surface area contributed by atoms with Crippen LogP contribution >= 0.6 is 0 Å². The molecule has 2 rings (SSSR count). The molecule has 0 aliphatic heterocycles. The van der Waals surface area contributed by atoms with Crippen LogP contribution < -0.4 is 10.6 Å². The number of benzene rings is 1. The molecule has 0 saturated heterocycles. The second-order valence-electron chi connectivity index (χ2n) is 3.78. The van der Waals surface area contributed by atoms with E-state index in [0.29, 0.717) is 5.56 Å². The van der Waals surface area contributed by atoms with E-state index in [9.17, 15) is 0 Å². The van der Waals surface area contributed by atoms with Crippen LogP contribution in [0.5, 0.6) is 0 Å². The van der Waals surface area contributed by atoms with Gasteiger partial charge in [0.1, 0.15) is 5.82 Å². The molecule has 92 valence electrons. The summed E-state index contributed by atoms with van der Waals surface area (Å²) in [6.45, 7) is 0. The number of amidine groups is 1. The zero-order chi connectivity index (χ0) is 13.0. The number of pyridine rings is 1. The highest BCUT2D eigenvalue weighted by molar-refractivity contribution is 5.97. The fourth-order valence-electron chi connectivity index (χ4n) is 1.62. The van der Waals surface area contributed by atoms with E-state index in [1.165, 1.54) is 0 Å². The molecule has 0 fully saturated rings. The van der Waals surface area contributed by atoms with Crippen molar-refractivity contribution < 1.29 is 5.21 Å². The Labute approximate surface area is 105 Å². The summed E-state index contributed by atoms with van der Waals surface area (Å²) in [4.78, 5) is 6.19. The van der Waals surface area contributed by atoms with Crippen molar-refractivity contribution in [3.05, 3.63) is 54.2 Å². The predicted molar refractivity (Wildman–Crippen MR) is 71.3 cm³/mol. The molecule has 0 radical (unpaired) electrons. The van der Waals surface area contributed by atoms with Gasteiger partial charge in [-0.2, -0.15) is 0 Å². The van der Waals surface area contributed by atoms with Gasteiger partial charge in [-0.15, -0.1) is 0 Å². The van der Waals surface area contributed by atoms with Crippen molar-refractivity contribution in [2.75, 3.05) is 11.9 Å². The molecule has 5 nitrogen and oxygen atoms in total. The number of nitrogens with two attached hydrogens (primary N) is 1. The summed E-state index contributed by atoms with van der Waals surface area (Å²) in [5.41, 5.74) is 7.15.